The Kier molecular flexibility index (Phi) is 4.75. The molecule has 1 aliphatic carbocycles. The summed E-state index contributed by atoms with van der Waals surface area (Å²) in [7, 11) is 0. The van der Waals surface area contributed by atoms with Crippen molar-refractivity contribution < 1.29 is 14.4 Å². The fourth-order valence-corrected chi connectivity index (χ4v) is 3.17. The van der Waals surface area contributed by atoms with Crippen LogP contribution in [0.25, 0.3) is 0 Å². The van der Waals surface area contributed by atoms with Gasteiger partial charge in [0.25, 0.3) is 0 Å². The molecule has 1 aliphatic heterocycles. The Hall–Kier alpha value is -1.43. The molecule has 3 amide bonds. The molecule has 0 radical (unpaired) electrons. The Balaban J connectivity index is 2.02. The molecular formula is C14H23N3O3. The molecule has 0 aromatic carbocycles. The van der Waals surface area contributed by atoms with E-state index in [0.29, 0.717) is 12.8 Å². The lowest BCUT2D eigenvalue weighted by atomic mass is 9.82. The minimum Gasteiger partial charge on any atom is -0.327 e. The maximum absolute atomic E-state index is 12.4. The Bertz CT molecular complexity index is 410. The van der Waals surface area contributed by atoms with Crippen LogP contribution >= 0.6 is 0 Å². The molecule has 112 valence electrons. The second-order valence-corrected chi connectivity index (χ2v) is 5.77. The second kappa shape index (κ2) is 6.35. The number of piperazine rings is 1. The van der Waals surface area contributed by atoms with Crippen molar-refractivity contribution in [2.45, 2.75) is 57.5 Å². The molecule has 3 atom stereocenters. The summed E-state index contributed by atoms with van der Waals surface area (Å²) in [6, 6.07) is -0.470. The van der Waals surface area contributed by atoms with Gasteiger partial charge < -0.3 is 10.6 Å². The molecule has 2 fully saturated rings. The highest BCUT2D eigenvalue weighted by molar-refractivity contribution is 6.04. The fourth-order valence-electron chi connectivity index (χ4n) is 3.17. The van der Waals surface area contributed by atoms with E-state index in [-0.39, 0.29) is 30.3 Å². The molecular weight excluding hydrogens is 258 g/mol. The number of hydrogen-bond donors (Lipinski definition) is 2. The summed E-state index contributed by atoms with van der Waals surface area (Å²) in [5.41, 5.74) is 6.06. The molecule has 1 heterocycles. The first-order valence-electron chi connectivity index (χ1n) is 7.41. The number of imide groups is 1. The van der Waals surface area contributed by atoms with Crippen molar-refractivity contribution in [1.82, 2.24) is 10.2 Å². The third kappa shape index (κ3) is 3.17. The number of nitrogens with two attached hydrogens (primary N) is 1. The van der Waals surface area contributed by atoms with Gasteiger partial charge >= 0.3 is 0 Å². The molecule has 6 heteroatoms. The predicted octanol–water partition coefficient (Wildman–Crippen LogP) is 0.158. The first kappa shape index (κ1) is 15.0. The van der Waals surface area contributed by atoms with Crippen LogP contribution < -0.4 is 11.1 Å². The summed E-state index contributed by atoms with van der Waals surface area (Å²) in [6.07, 6.45) is 4.99. The van der Waals surface area contributed by atoms with Crippen LogP contribution in [0.1, 0.15) is 45.4 Å². The van der Waals surface area contributed by atoms with E-state index >= 15 is 0 Å². The molecule has 0 spiro atoms. The zero-order valence-electron chi connectivity index (χ0n) is 11.9. The zero-order valence-corrected chi connectivity index (χ0v) is 11.9. The van der Waals surface area contributed by atoms with E-state index in [9.17, 15) is 14.4 Å². The van der Waals surface area contributed by atoms with Crippen molar-refractivity contribution in [3.8, 4) is 0 Å². The maximum Gasteiger partial charge on any atom is 0.249 e. The molecule has 0 bridgehead atoms. The van der Waals surface area contributed by atoms with Crippen LogP contribution in [0, 0.1) is 5.92 Å². The van der Waals surface area contributed by atoms with Gasteiger partial charge in [-0.3, -0.25) is 19.7 Å². The number of nitrogens with one attached hydrogen (secondary N) is 1. The molecule has 0 aromatic heterocycles. The van der Waals surface area contributed by atoms with E-state index in [1.807, 2.05) is 6.92 Å². The lowest BCUT2D eigenvalue weighted by Gasteiger charge is -2.36. The van der Waals surface area contributed by atoms with Crippen LogP contribution in [0.3, 0.4) is 0 Å². The van der Waals surface area contributed by atoms with Crippen molar-refractivity contribution in [2.75, 3.05) is 6.54 Å². The molecule has 2 rings (SSSR count). The third-order valence-electron chi connectivity index (χ3n) is 4.37. The van der Waals surface area contributed by atoms with Gasteiger partial charge in [-0.1, -0.05) is 19.8 Å². The molecule has 6 nitrogen and oxygen atoms in total. The minimum atomic E-state index is -0.528. The van der Waals surface area contributed by atoms with Crippen LogP contribution in [0.15, 0.2) is 0 Å². The van der Waals surface area contributed by atoms with E-state index < -0.39 is 11.9 Å². The van der Waals surface area contributed by atoms with Gasteiger partial charge in [0, 0.05) is 12.5 Å². The van der Waals surface area contributed by atoms with Crippen molar-refractivity contribution in [2.24, 2.45) is 11.7 Å². The summed E-state index contributed by atoms with van der Waals surface area (Å²) < 4.78 is 0. The molecule has 2 aliphatic rings. The summed E-state index contributed by atoms with van der Waals surface area (Å²) >= 11 is 0. The van der Waals surface area contributed by atoms with Gasteiger partial charge in [-0.2, -0.15) is 0 Å². The van der Waals surface area contributed by atoms with Gasteiger partial charge in [0.2, 0.25) is 17.7 Å². The van der Waals surface area contributed by atoms with Gasteiger partial charge in [-0.05, 0) is 25.2 Å². The van der Waals surface area contributed by atoms with E-state index in [1.165, 1.54) is 4.90 Å². The normalized spacial score (nSPS) is 31.1. The van der Waals surface area contributed by atoms with Crippen molar-refractivity contribution in [3.05, 3.63) is 0 Å². The second-order valence-electron chi connectivity index (χ2n) is 5.77. The van der Waals surface area contributed by atoms with E-state index in [0.717, 1.165) is 25.7 Å². The Labute approximate surface area is 119 Å². The first-order chi connectivity index (χ1) is 9.52. The van der Waals surface area contributed by atoms with Crippen molar-refractivity contribution in [3.63, 3.8) is 0 Å². The monoisotopic (exact) mass is 281 g/mol. The number of rotatable bonds is 3. The number of carbonyl (C=O) groups is 3. The van der Waals surface area contributed by atoms with Crippen LogP contribution in [0.4, 0.5) is 0 Å². The molecule has 3 N–H and O–H groups in total. The highest BCUT2D eigenvalue weighted by atomic mass is 16.2. The van der Waals surface area contributed by atoms with E-state index in [4.69, 9.17) is 5.73 Å². The maximum atomic E-state index is 12.4. The van der Waals surface area contributed by atoms with Gasteiger partial charge in [-0.15, -0.1) is 0 Å². The summed E-state index contributed by atoms with van der Waals surface area (Å²) in [5, 5.41) is 2.28. The quantitative estimate of drug-likeness (QED) is 0.721. The fraction of sp³-hybridized carbons (Fsp3) is 0.786. The standard InChI is InChI=1S/C14H23N3O3/c1-2-11-14(20)16-12(18)8-17(11)13(19)7-9-5-3-4-6-10(9)15/h9-11H,2-8,15H2,1H3,(H,16,18,20). The zero-order chi connectivity index (χ0) is 14.7. The lowest BCUT2D eigenvalue weighted by molar-refractivity contribution is -0.150. The lowest BCUT2D eigenvalue weighted by Crippen LogP contribution is -2.59. The highest BCUT2D eigenvalue weighted by Gasteiger charge is 2.36. The van der Waals surface area contributed by atoms with Crippen LogP contribution in [0.5, 0.6) is 0 Å². The Morgan fingerprint density at radius 3 is 2.70 bits per heavy atom. The van der Waals surface area contributed by atoms with E-state index in [1.54, 1.807) is 0 Å². The van der Waals surface area contributed by atoms with Gasteiger partial charge in [-0.25, -0.2) is 0 Å². The smallest absolute Gasteiger partial charge is 0.249 e. The summed E-state index contributed by atoms with van der Waals surface area (Å²) in [6.45, 7) is 1.82. The molecule has 3 unspecified atom stereocenters. The Morgan fingerprint density at radius 1 is 1.35 bits per heavy atom. The topological polar surface area (TPSA) is 92.5 Å². The minimum absolute atomic E-state index is 0.0228. The average Bonchev–Trinajstić information content (AvgIpc) is 2.40. The van der Waals surface area contributed by atoms with Crippen LogP contribution in [-0.2, 0) is 14.4 Å². The third-order valence-corrected chi connectivity index (χ3v) is 4.37. The number of carbonyl (C=O) groups excluding carboxylic acids is 3. The van der Waals surface area contributed by atoms with Gasteiger partial charge in [0.15, 0.2) is 0 Å². The van der Waals surface area contributed by atoms with Gasteiger partial charge in [0.1, 0.15) is 12.6 Å². The number of hydrogen-bond acceptors (Lipinski definition) is 4. The molecule has 20 heavy (non-hydrogen) atoms. The predicted molar refractivity (Wildman–Crippen MR) is 73.5 cm³/mol. The van der Waals surface area contributed by atoms with E-state index in [2.05, 4.69) is 5.32 Å². The van der Waals surface area contributed by atoms with Crippen LogP contribution in [0.2, 0.25) is 0 Å². The largest absolute Gasteiger partial charge is 0.327 e. The van der Waals surface area contributed by atoms with Crippen molar-refractivity contribution >= 4 is 17.7 Å². The Morgan fingerprint density at radius 2 is 2.05 bits per heavy atom. The molecule has 0 aromatic rings. The number of nitrogens with zero attached hydrogens (tertiary/aromatic N) is 1. The molecule has 1 saturated carbocycles. The van der Waals surface area contributed by atoms with Crippen molar-refractivity contribution in [1.29, 1.82) is 0 Å². The SMILES string of the molecule is CCC1C(=O)NC(=O)CN1C(=O)CC1CCCCC1N. The number of amides is 3. The average molecular weight is 281 g/mol. The highest BCUT2D eigenvalue weighted by Crippen LogP contribution is 2.27. The summed E-state index contributed by atoms with van der Waals surface area (Å²) in [4.78, 5) is 37.0. The first-order valence-corrected chi connectivity index (χ1v) is 7.41. The summed E-state index contributed by atoms with van der Waals surface area (Å²) in [5.74, 6) is -0.720. The molecule has 1 saturated heterocycles. The van der Waals surface area contributed by atoms with Crippen LogP contribution in [-0.4, -0.2) is 41.2 Å². The van der Waals surface area contributed by atoms with Gasteiger partial charge in [0.05, 0.1) is 0 Å².